The fourth-order valence-corrected chi connectivity index (χ4v) is 4.25. The molecule has 0 radical (unpaired) electrons. The molecule has 0 atom stereocenters. The van der Waals surface area contributed by atoms with Crippen molar-refractivity contribution in [3.63, 3.8) is 0 Å². The van der Waals surface area contributed by atoms with Gasteiger partial charge in [-0.15, -0.1) is 11.6 Å². The van der Waals surface area contributed by atoms with Crippen LogP contribution < -0.4 is 0 Å². The van der Waals surface area contributed by atoms with Crippen molar-refractivity contribution in [2.75, 3.05) is 0 Å². The Kier molecular flexibility index (Phi) is 3.34. The summed E-state index contributed by atoms with van der Waals surface area (Å²) in [5.41, 5.74) is 5.52. The summed E-state index contributed by atoms with van der Waals surface area (Å²) in [5.74, 6) is 1.39. The van der Waals surface area contributed by atoms with Crippen LogP contribution in [0.15, 0.2) is 18.3 Å². The van der Waals surface area contributed by atoms with E-state index < -0.39 is 0 Å². The van der Waals surface area contributed by atoms with E-state index in [9.17, 15) is 0 Å². The second-order valence-corrected chi connectivity index (χ2v) is 6.62. The number of halogens is 2. The molecule has 1 aliphatic carbocycles. The lowest BCUT2D eigenvalue weighted by molar-refractivity contribution is 1.09. The van der Waals surface area contributed by atoms with Crippen LogP contribution in [-0.2, 0) is 5.88 Å². The van der Waals surface area contributed by atoms with E-state index in [1.807, 2.05) is 0 Å². The molecule has 1 saturated carbocycles. The molecule has 1 aliphatic rings. The summed E-state index contributed by atoms with van der Waals surface area (Å²) in [4.78, 5) is 0. The lowest BCUT2D eigenvalue weighted by Crippen LogP contribution is -1.94. The van der Waals surface area contributed by atoms with Crippen molar-refractivity contribution in [1.82, 2.24) is 3.97 Å². The van der Waals surface area contributed by atoms with Gasteiger partial charge in [-0.05, 0) is 48.4 Å². The van der Waals surface area contributed by atoms with Crippen LogP contribution in [0.1, 0.15) is 35.4 Å². The fourth-order valence-electron chi connectivity index (χ4n) is 2.55. The van der Waals surface area contributed by atoms with Gasteiger partial charge in [-0.2, -0.15) is 0 Å². The molecule has 1 fully saturated rings. The van der Waals surface area contributed by atoms with Crippen molar-refractivity contribution < 1.29 is 0 Å². The van der Waals surface area contributed by atoms with Gasteiger partial charge in [0.05, 0.1) is 5.52 Å². The number of aryl methyl sites for hydroxylation is 1. The second kappa shape index (κ2) is 4.67. The molecule has 1 heterocycles. The van der Waals surface area contributed by atoms with Gasteiger partial charge in [0.2, 0.25) is 0 Å². The Morgan fingerprint density at radius 1 is 1.53 bits per heavy atom. The first-order valence-electron chi connectivity index (χ1n) is 5.74. The predicted octanol–water partition coefficient (Wildman–Crippen LogP) is 5.41. The summed E-state index contributed by atoms with van der Waals surface area (Å²) < 4.78 is 2.22. The highest BCUT2D eigenvalue weighted by molar-refractivity contribution is 14.2. The van der Waals surface area contributed by atoms with Crippen molar-refractivity contribution in [1.29, 1.82) is 0 Å². The number of benzene rings is 1. The summed E-state index contributed by atoms with van der Waals surface area (Å²) in [5, 5.41) is 1.34. The Balaban J connectivity index is 2.32. The number of aromatic nitrogens is 1. The third-order valence-electron chi connectivity index (χ3n) is 3.50. The predicted molar refractivity (Wildman–Crippen MR) is 85.2 cm³/mol. The molecule has 1 nitrogen and oxygen atoms in total. The lowest BCUT2D eigenvalue weighted by atomic mass is 9.97. The minimum absolute atomic E-state index is 0.624. The lowest BCUT2D eigenvalue weighted by Gasteiger charge is -2.11. The molecule has 90 valence electrons. The number of rotatable bonds is 3. The van der Waals surface area contributed by atoms with E-state index in [4.69, 9.17) is 11.6 Å². The van der Waals surface area contributed by atoms with Crippen LogP contribution in [0.25, 0.3) is 10.9 Å². The fraction of sp³-hybridized carbons (Fsp3) is 0.385. The van der Waals surface area contributed by atoms with Crippen LogP contribution in [0.5, 0.6) is 0 Å². The van der Waals surface area contributed by atoms with E-state index in [2.05, 4.69) is 50.4 Å². The highest BCUT2D eigenvalue weighted by atomic mass is 127. The minimum atomic E-state index is 0.624. The topological polar surface area (TPSA) is 4.93 Å². The summed E-state index contributed by atoms with van der Waals surface area (Å²) in [6.07, 6.45) is 4.80. The molecule has 0 amide bonds. The van der Waals surface area contributed by atoms with E-state index in [0.717, 1.165) is 5.92 Å². The van der Waals surface area contributed by atoms with Crippen molar-refractivity contribution in [3.8, 4) is 0 Å². The van der Waals surface area contributed by atoms with Crippen LogP contribution in [-0.4, -0.2) is 3.97 Å². The van der Waals surface area contributed by atoms with Gasteiger partial charge in [0.15, 0.2) is 0 Å². The van der Waals surface area contributed by atoms with Gasteiger partial charge in [-0.3, -0.25) is 3.97 Å². The average molecular weight is 378 g/mol. The van der Waals surface area contributed by atoms with Crippen molar-refractivity contribution in [3.05, 3.63) is 35.0 Å². The quantitative estimate of drug-likeness (QED) is 0.511. The molecule has 0 N–H and O–H groups in total. The smallest absolute Gasteiger partial charge is 0.0631 e. The number of hydrogen-bond acceptors (Lipinski definition) is 1. The van der Waals surface area contributed by atoms with Crippen LogP contribution in [0, 0.1) is 6.92 Å². The van der Waals surface area contributed by atoms with Crippen LogP contribution in [0.2, 0.25) is 0 Å². The molecule has 1 aromatic carbocycles. The number of fused-ring (bicyclic) bond motifs is 1. The Morgan fingerprint density at radius 3 is 2.88 bits per heavy atom. The second-order valence-electron chi connectivity index (χ2n) is 4.64. The standard InChI is InChI=1S/C13H13ClINS/c1-8-6-11(9-2-3-9)12(7-14)10-4-5-16(17-15)13(8)10/h4-6,9H,2-3,7H2,1H3. The van der Waals surface area contributed by atoms with E-state index >= 15 is 0 Å². The Morgan fingerprint density at radius 2 is 2.29 bits per heavy atom. The third kappa shape index (κ3) is 2.00. The normalized spacial score (nSPS) is 15.7. The zero-order chi connectivity index (χ0) is 12.0. The first-order chi connectivity index (χ1) is 8.26. The summed E-state index contributed by atoms with van der Waals surface area (Å²) in [7, 11) is 1.71. The highest BCUT2D eigenvalue weighted by Crippen LogP contribution is 2.45. The van der Waals surface area contributed by atoms with Gasteiger partial charge in [-0.1, -0.05) is 6.07 Å². The largest absolute Gasteiger partial charge is 0.282 e. The maximum atomic E-state index is 6.17. The molecule has 4 heteroatoms. The molecular weight excluding hydrogens is 365 g/mol. The van der Waals surface area contributed by atoms with E-state index in [1.54, 1.807) is 9.12 Å². The van der Waals surface area contributed by atoms with Gasteiger partial charge in [0.1, 0.15) is 0 Å². The van der Waals surface area contributed by atoms with Crippen LogP contribution >= 0.6 is 41.9 Å². The number of hydrogen-bond donors (Lipinski definition) is 0. The molecule has 0 unspecified atom stereocenters. The summed E-state index contributed by atoms with van der Waals surface area (Å²) in [6, 6.07) is 4.55. The zero-order valence-corrected chi connectivity index (χ0v) is 13.3. The molecular formula is C13H13ClINS. The maximum Gasteiger partial charge on any atom is 0.0631 e. The van der Waals surface area contributed by atoms with E-state index in [-0.39, 0.29) is 0 Å². The molecule has 0 spiro atoms. The Bertz CT molecular complexity index is 574. The summed E-state index contributed by atoms with van der Waals surface area (Å²) >= 11 is 8.49. The van der Waals surface area contributed by atoms with Crippen molar-refractivity contribution in [2.45, 2.75) is 31.6 Å². The third-order valence-corrected chi connectivity index (χ3v) is 5.49. The molecule has 3 rings (SSSR count). The van der Waals surface area contributed by atoms with E-state index in [1.165, 1.54) is 40.4 Å². The summed E-state index contributed by atoms with van der Waals surface area (Å²) in [6.45, 7) is 2.20. The molecule has 2 aromatic rings. The molecule has 0 saturated heterocycles. The van der Waals surface area contributed by atoms with Gasteiger partial charge in [0, 0.05) is 47.8 Å². The number of nitrogens with zero attached hydrogens (tertiary/aromatic N) is 1. The Hall–Kier alpha value is 0.130. The Labute approximate surface area is 123 Å². The average Bonchev–Trinajstić information content (AvgIpc) is 3.08. The molecule has 17 heavy (non-hydrogen) atoms. The molecule has 1 aromatic heterocycles. The minimum Gasteiger partial charge on any atom is -0.282 e. The first kappa shape index (κ1) is 12.2. The number of alkyl halides is 1. The maximum absolute atomic E-state index is 6.17. The van der Waals surface area contributed by atoms with Gasteiger partial charge >= 0.3 is 0 Å². The van der Waals surface area contributed by atoms with Gasteiger partial charge in [0.25, 0.3) is 0 Å². The van der Waals surface area contributed by atoms with E-state index in [0.29, 0.717) is 5.88 Å². The highest BCUT2D eigenvalue weighted by Gasteiger charge is 2.27. The SMILES string of the molecule is Cc1cc(C2CC2)c(CCl)c2ccn(SI)c12. The molecule has 0 bridgehead atoms. The van der Waals surface area contributed by atoms with Crippen molar-refractivity contribution in [2.24, 2.45) is 0 Å². The van der Waals surface area contributed by atoms with Gasteiger partial charge < -0.3 is 0 Å². The van der Waals surface area contributed by atoms with Crippen LogP contribution in [0.4, 0.5) is 0 Å². The molecule has 0 aliphatic heterocycles. The monoisotopic (exact) mass is 377 g/mol. The van der Waals surface area contributed by atoms with Gasteiger partial charge in [-0.25, -0.2) is 0 Å². The first-order valence-corrected chi connectivity index (χ1v) is 9.59. The zero-order valence-electron chi connectivity index (χ0n) is 9.54. The van der Waals surface area contributed by atoms with Crippen molar-refractivity contribution >= 4 is 52.8 Å². The van der Waals surface area contributed by atoms with Crippen LogP contribution in [0.3, 0.4) is 0 Å².